The van der Waals surface area contributed by atoms with Crippen LogP contribution >= 0.6 is 15.9 Å². The van der Waals surface area contributed by atoms with Crippen LogP contribution in [-0.2, 0) is 4.74 Å². The van der Waals surface area contributed by atoms with E-state index in [0.717, 1.165) is 0 Å². The number of benzene rings is 1. The standard InChI is InChI=1S/C16H24BrF2NO/c1-6-20-14(15(21-7-2)16(3,4)5)12-11(18)9-8-10(17)13(12)19/h8-9,14-15,20H,6-7H2,1-5H3. The topological polar surface area (TPSA) is 21.3 Å². The lowest BCUT2D eigenvalue weighted by Crippen LogP contribution is -2.43. The molecule has 120 valence electrons. The molecule has 0 saturated heterocycles. The molecule has 0 heterocycles. The monoisotopic (exact) mass is 363 g/mol. The Morgan fingerprint density at radius 1 is 1.24 bits per heavy atom. The second kappa shape index (κ2) is 7.65. The molecule has 0 bridgehead atoms. The quantitative estimate of drug-likeness (QED) is 0.730. The highest BCUT2D eigenvalue weighted by molar-refractivity contribution is 9.10. The molecule has 0 saturated carbocycles. The Morgan fingerprint density at radius 2 is 1.86 bits per heavy atom. The van der Waals surface area contributed by atoms with Gasteiger partial charge >= 0.3 is 0 Å². The van der Waals surface area contributed by atoms with Crippen LogP contribution in [0.2, 0.25) is 0 Å². The number of likely N-dealkylation sites (N-methyl/N-ethyl adjacent to an activating group) is 1. The van der Waals surface area contributed by atoms with E-state index >= 15 is 0 Å². The Labute approximate surface area is 134 Å². The van der Waals surface area contributed by atoms with Crippen LogP contribution in [0.1, 0.15) is 46.2 Å². The van der Waals surface area contributed by atoms with Crippen LogP contribution in [0.4, 0.5) is 8.78 Å². The summed E-state index contributed by atoms with van der Waals surface area (Å²) in [6.45, 7) is 10.9. The average molecular weight is 364 g/mol. The predicted octanol–water partition coefficient (Wildman–Crippen LogP) is 4.83. The van der Waals surface area contributed by atoms with Gasteiger partial charge in [-0.1, -0.05) is 27.7 Å². The Morgan fingerprint density at radius 3 is 2.33 bits per heavy atom. The molecule has 0 spiro atoms. The van der Waals surface area contributed by atoms with Gasteiger partial charge in [-0.25, -0.2) is 8.78 Å². The summed E-state index contributed by atoms with van der Waals surface area (Å²) in [5, 5.41) is 3.17. The van der Waals surface area contributed by atoms with E-state index in [2.05, 4.69) is 21.2 Å². The van der Waals surface area contributed by atoms with Crippen LogP contribution in [0, 0.1) is 17.0 Å². The number of halogens is 3. The Hall–Kier alpha value is -0.520. The van der Waals surface area contributed by atoms with Gasteiger partial charge in [0.15, 0.2) is 0 Å². The van der Waals surface area contributed by atoms with Gasteiger partial charge in [0.25, 0.3) is 0 Å². The molecule has 0 aliphatic rings. The van der Waals surface area contributed by atoms with E-state index in [9.17, 15) is 8.78 Å². The maximum Gasteiger partial charge on any atom is 0.145 e. The summed E-state index contributed by atoms with van der Waals surface area (Å²) in [6.07, 6.45) is -0.347. The smallest absolute Gasteiger partial charge is 0.145 e. The third-order valence-electron chi connectivity index (χ3n) is 3.32. The van der Waals surface area contributed by atoms with E-state index in [1.54, 1.807) is 0 Å². The molecule has 2 atom stereocenters. The van der Waals surface area contributed by atoms with Crippen LogP contribution < -0.4 is 5.32 Å². The molecule has 1 N–H and O–H groups in total. The van der Waals surface area contributed by atoms with Gasteiger partial charge in [0.1, 0.15) is 11.6 Å². The van der Waals surface area contributed by atoms with E-state index in [-0.39, 0.29) is 21.6 Å². The molecule has 2 unspecified atom stereocenters. The fourth-order valence-electron chi connectivity index (χ4n) is 2.43. The first-order chi connectivity index (χ1) is 9.73. The summed E-state index contributed by atoms with van der Waals surface area (Å²) in [7, 11) is 0. The summed E-state index contributed by atoms with van der Waals surface area (Å²) in [4.78, 5) is 0. The minimum atomic E-state index is -0.574. The van der Waals surface area contributed by atoms with Crippen molar-refractivity contribution < 1.29 is 13.5 Å². The Balaban J connectivity index is 3.37. The summed E-state index contributed by atoms with van der Waals surface area (Å²) < 4.78 is 34.7. The number of nitrogens with one attached hydrogen (secondary N) is 1. The van der Waals surface area contributed by atoms with Crippen LogP contribution in [0.25, 0.3) is 0 Å². The van der Waals surface area contributed by atoms with Crippen molar-refractivity contribution in [3.05, 3.63) is 33.8 Å². The van der Waals surface area contributed by atoms with Gasteiger partial charge in [0.2, 0.25) is 0 Å². The molecule has 0 aliphatic heterocycles. The first kappa shape index (κ1) is 18.5. The van der Waals surface area contributed by atoms with E-state index in [0.29, 0.717) is 13.2 Å². The Kier molecular flexibility index (Phi) is 6.75. The highest BCUT2D eigenvalue weighted by Gasteiger charge is 2.36. The zero-order chi connectivity index (χ0) is 16.2. The van der Waals surface area contributed by atoms with Gasteiger partial charge in [-0.3, -0.25) is 0 Å². The van der Waals surface area contributed by atoms with Crippen molar-refractivity contribution in [1.29, 1.82) is 0 Å². The lowest BCUT2D eigenvalue weighted by atomic mass is 9.81. The zero-order valence-corrected chi connectivity index (χ0v) is 14.9. The summed E-state index contributed by atoms with van der Waals surface area (Å²) >= 11 is 3.13. The second-order valence-corrected chi connectivity index (χ2v) is 6.89. The molecule has 5 heteroatoms. The van der Waals surface area contributed by atoms with Crippen molar-refractivity contribution in [1.82, 2.24) is 5.32 Å². The molecular weight excluding hydrogens is 340 g/mol. The first-order valence-corrected chi connectivity index (χ1v) is 8.01. The highest BCUT2D eigenvalue weighted by Crippen LogP contribution is 2.36. The number of hydrogen-bond donors (Lipinski definition) is 1. The number of ether oxygens (including phenoxy) is 1. The van der Waals surface area contributed by atoms with Crippen molar-refractivity contribution in [2.75, 3.05) is 13.2 Å². The molecular formula is C16H24BrF2NO. The molecule has 1 aromatic carbocycles. The van der Waals surface area contributed by atoms with E-state index in [4.69, 9.17) is 4.74 Å². The molecule has 0 amide bonds. The van der Waals surface area contributed by atoms with E-state index in [1.807, 2.05) is 34.6 Å². The molecule has 1 aromatic rings. The maximum atomic E-state index is 14.4. The molecule has 0 fully saturated rings. The van der Waals surface area contributed by atoms with Gasteiger partial charge in [-0.15, -0.1) is 0 Å². The zero-order valence-electron chi connectivity index (χ0n) is 13.3. The van der Waals surface area contributed by atoms with Crippen LogP contribution in [-0.4, -0.2) is 19.3 Å². The summed E-state index contributed by atoms with van der Waals surface area (Å²) in [5.74, 6) is -1.13. The molecule has 1 rings (SSSR count). The lowest BCUT2D eigenvalue weighted by Gasteiger charge is -2.37. The summed E-state index contributed by atoms with van der Waals surface area (Å²) in [6, 6.07) is 2.11. The minimum Gasteiger partial charge on any atom is -0.376 e. The normalized spacial score (nSPS) is 15.0. The largest absolute Gasteiger partial charge is 0.376 e. The summed E-state index contributed by atoms with van der Waals surface area (Å²) in [5.41, 5.74) is -0.232. The van der Waals surface area contributed by atoms with Gasteiger partial charge < -0.3 is 10.1 Å². The van der Waals surface area contributed by atoms with E-state index < -0.39 is 17.7 Å². The van der Waals surface area contributed by atoms with Gasteiger partial charge in [-0.2, -0.15) is 0 Å². The fourth-order valence-corrected chi connectivity index (χ4v) is 2.78. The lowest BCUT2D eigenvalue weighted by molar-refractivity contribution is -0.0377. The average Bonchev–Trinajstić information content (AvgIpc) is 2.38. The number of rotatable bonds is 6. The third kappa shape index (κ3) is 4.47. The molecule has 0 aliphatic carbocycles. The van der Waals surface area contributed by atoms with E-state index in [1.165, 1.54) is 12.1 Å². The molecule has 21 heavy (non-hydrogen) atoms. The first-order valence-electron chi connectivity index (χ1n) is 7.22. The van der Waals surface area contributed by atoms with Gasteiger partial charge in [0.05, 0.1) is 16.6 Å². The van der Waals surface area contributed by atoms with Crippen LogP contribution in [0.3, 0.4) is 0 Å². The second-order valence-electron chi connectivity index (χ2n) is 6.03. The van der Waals surface area contributed by atoms with Crippen molar-refractivity contribution in [2.24, 2.45) is 5.41 Å². The van der Waals surface area contributed by atoms with Crippen molar-refractivity contribution in [2.45, 2.75) is 46.8 Å². The van der Waals surface area contributed by atoms with Crippen LogP contribution in [0.15, 0.2) is 16.6 Å². The predicted molar refractivity (Wildman–Crippen MR) is 85.3 cm³/mol. The van der Waals surface area contributed by atoms with Gasteiger partial charge in [0, 0.05) is 12.2 Å². The number of hydrogen-bond acceptors (Lipinski definition) is 2. The molecule has 0 aromatic heterocycles. The Bertz CT molecular complexity index is 474. The van der Waals surface area contributed by atoms with Crippen LogP contribution in [0.5, 0.6) is 0 Å². The highest BCUT2D eigenvalue weighted by atomic mass is 79.9. The maximum absolute atomic E-state index is 14.4. The fraction of sp³-hybridized carbons (Fsp3) is 0.625. The minimum absolute atomic E-state index is 0.0274. The third-order valence-corrected chi connectivity index (χ3v) is 3.93. The molecule has 2 nitrogen and oxygen atoms in total. The van der Waals surface area contributed by atoms with Crippen molar-refractivity contribution >= 4 is 15.9 Å². The van der Waals surface area contributed by atoms with Crippen molar-refractivity contribution in [3.63, 3.8) is 0 Å². The SMILES string of the molecule is CCNC(c1c(F)ccc(Br)c1F)C(OCC)C(C)(C)C. The molecule has 0 radical (unpaired) electrons. The van der Waals surface area contributed by atoms with Crippen molar-refractivity contribution in [3.8, 4) is 0 Å². The van der Waals surface area contributed by atoms with Gasteiger partial charge in [-0.05, 0) is 46.9 Å².